The number of aromatic nitrogens is 2. The Hall–Kier alpha value is -2.20. The molecule has 1 heterocycles. The van der Waals surface area contributed by atoms with Gasteiger partial charge >= 0.3 is 0 Å². The maximum Gasteiger partial charge on any atom is 0.168 e. The molecule has 0 spiro atoms. The fourth-order valence-corrected chi connectivity index (χ4v) is 3.40. The lowest BCUT2D eigenvalue weighted by Gasteiger charge is -2.07. The number of methoxy groups -OCH3 is 1. The van der Waals surface area contributed by atoms with Crippen LogP contribution in [0.3, 0.4) is 0 Å². The zero-order valence-corrected chi connectivity index (χ0v) is 14.4. The molecule has 0 saturated heterocycles. The molecule has 3 aromatic rings. The molecule has 1 aromatic heterocycles. The number of hydrogen-bond donors (Lipinski definition) is 0. The van der Waals surface area contributed by atoms with Crippen LogP contribution >= 0.6 is 11.8 Å². The van der Waals surface area contributed by atoms with Crippen LogP contribution in [0.25, 0.3) is 11.3 Å². The van der Waals surface area contributed by atoms with E-state index < -0.39 is 0 Å². The quantitative estimate of drug-likeness (QED) is 0.637. The van der Waals surface area contributed by atoms with Gasteiger partial charge in [-0.1, -0.05) is 41.6 Å². The largest absolute Gasteiger partial charge is 0.497 e. The second-order valence-electron chi connectivity index (χ2n) is 5.49. The molecule has 23 heavy (non-hydrogen) atoms. The van der Waals surface area contributed by atoms with E-state index in [-0.39, 0.29) is 0 Å². The predicted molar refractivity (Wildman–Crippen MR) is 95.9 cm³/mol. The summed E-state index contributed by atoms with van der Waals surface area (Å²) in [5.41, 5.74) is 4.87. The number of aryl methyl sites for hydroxylation is 1. The van der Waals surface area contributed by atoms with Crippen molar-refractivity contribution in [3.63, 3.8) is 0 Å². The van der Waals surface area contributed by atoms with Gasteiger partial charge in [-0.2, -0.15) is 0 Å². The molecule has 3 nitrogen and oxygen atoms in total. The molecule has 118 valence electrons. The zero-order chi connectivity index (χ0) is 16.2. The van der Waals surface area contributed by atoms with E-state index in [1.54, 1.807) is 18.9 Å². The maximum atomic E-state index is 5.21. The van der Waals surface area contributed by atoms with E-state index in [2.05, 4.69) is 59.9 Å². The fourth-order valence-electron chi connectivity index (χ4n) is 2.51. The molecular formula is C19H20N2OS. The van der Waals surface area contributed by atoms with E-state index in [4.69, 9.17) is 4.74 Å². The van der Waals surface area contributed by atoms with E-state index >= 15 is 0 Å². The average Bonchev–Trinajstić information content (AvgIpc) is 2.94. The molecule has 0 atom stereocenters. The second kappa shape index (κ2) is 6.92. The topological polar surface area (TPSA) is 27.1 Å². The van der Waals surface area contributed by atoms with Crippen LogP contribution in [0, 0.1) is 6.92 Å². The summed E-state index contributed by atoms with van der Waals surface area (Å²) in [6, 6.07) is 16.7. The highest BCUT2D eigenvalue weighted by Gasteiger charge is 2.09. The Kier molecular flexibility index (Phi) is 4.72. The van der Waals surface area contributed by atoms with E-state index in [0.717, 1.165) is 27.9 Å². The molecule has 0 fully saturated rings. The SMILES string of the molecule is COc1ccc(-c2cnc(SCc3cccc(C)c3)n2C)cc1. The van der Waals surface area contributed by atoms with Crippen LogP contribution in [-0.4, -0.2) is 16.7 Å². The van der Waals surface area contributed by atoms with E-state index in [0.29, 0.717) is 0 Å². The minimum atomic E-state index is 0.866. The Bertz CT molecular complexity index is 793. The highest BCUT2D eigenvalue weighted by Crippen LogP contribution is 2.28. The monoisotopic (exact) mass is 324 g/mol. The van der Waals surface area contributed by atoms with Crippen LogP contribution in [0.15, 0.2) is 59.9 Å². The number of thioether (sulfide) groups is 1. The van der Waals surface area contributed by atoms with Gasteiger partial charge in [0.1, 0.15) is 5.75 Å². The maximum absolute atomic E-state index is 5.21. The summed E-state index contributed by atoms with van der Waals surface area (Å²) in [4.78, 5) is 4.57. The van der Waals surface area contributed by atoms with Gasteiger partial charge in [-0.25, -0.2) is 4.98 Å². The Balaban J connectivity index is 1.76. The minimum Gasteiger partial charge on any atom is -0.497 e. The van der Waals surface area contributed by atoms with Crippen molar-refractivity contribution in [1.29, 1.82) is 0 Å². The minimum absolute atomic E-state index is 0.866. The predicted octanol–water partition coefficient (Wildman–Crippen LogP) is 4.70. The van der Waals surface area contributed by atoms with Gasteiger partial charge in [-0.3, -0.25) is 0 Å². The summed E-state index contributed by atoms with van der Waals surface area (Å²) >= 11 is 1.76. The second-order valence-corrected chi connectivity index (χ2v) is 6.43. The van der Waals surface area contributed by atoms with Gasteiger partial charge in [0.15, 0.2) is 5.16 Å². The Morgan fingerprint density at radius 1 is 1.13 bits per heavy atom. The third-order valence-electron chi connectivity index (χ3n) is 3.78. The highest BCUT2D eigenvalue weighted by molar-refractivity contribution is 7.98. The molecule has 0 bridgehead atoms. The molecular weight excluding hydrogens is 304 g/mol. The van der Waals surface area contributed by atoms with Crippen LogP contribution in [0.4, 0.5) is 0 Å². The van der Waals surface area contributed by atoms with Crippen molar-refractivity contribution in [1.82, 2.24) is 9.55 Å². The summed E-state index contributed by atoms with van der Waals surface area (Å²) in [5.74, 6) is 1.79. The fraction of sp³-hybridized carbons (Fsp3) is 0.211. The summed E-state index contributed by atoms with van der Waals surface area (Å²) < 4.78 is 7.35. The number of benzene rings is 2. The van der Waals surface area contributed by atoms with Crippen LogP contribution in [-0.2, 0) is 12.8 Å². The first-order valence-corrected chi connectivity index (χ1v) is 8.50. The summed E-state index contributed by atoms with van der Waals surface area (Å²) in [7, 11) is 3.74. The molecule has 3 rings (SSSR count). The van der Waals surface area contributed by atoms with Crippen molar-refractivity contribution in [3.05, 3.63) is 65.9 Å². The Labute approximate surface area is 141 Å². The summed E-state index contributed by atoms with van der Waals surface area (Å²) in [6.07, 6.45) is 1.93. The smallest absolute Gasteiger partial charge is 0.168 e. The molecule has 0 aliphatic heterocycles. The van der Waals surface area contributed by atoms with Gasteiger partial charge in [-0.05, 0) is 36.8 Å². The zero-order valence-electron chi connectivity index (χ0n) is 13.6. The Morgan fingerprint density at radius 2 is 1.91 bits per heavy atom. The molecule has 0 N–H and O–H groups in total. The number of nitrogens with zero attached hydrogens (tertiary/aromatic N) is 2. The van der Waals surface area contributed by atoms with Crippen molar-refractivity contribution in [2.45, 2.75) is 17.8 Å². The van der Waals surface area contributed by atoms with Gasteiger partial charge in [0, 0.05) is 18.4 Å². The first-order valence-electron chi connectivity index (χ1n) is 7.52. The van der Waals surface area contributed by atoms with Crippen LogP contribution in [0.5, 0.6) is 5.75 Å². The first kappa shape index (κ1) is 15.7. The number of imidazole rings is 1. The lowest BCUT2D eigenvalue weighted by Crippen LogP contribution is -1.94. The van der Waals surface area contributed by atoms with E-state index in [1.165, 1.54) is 11.1 Å². The molecule has 0 aliphatic rings. The molecule has 0 saturated carbocycles. The molecule has 0 amide bonds. The van der Waals surface area contributed by atoms with Crippen LogP contribution in [0.1, 0.15) is 11.1 Å². The number of ether oxygens (including phenoxy) is 1. The molecule has 0 radical (unpaired) electrons. The lowest BCUT2D eigenvalue weighted by molar-refractivity contribution is 0.415. The number of hydrogen-bond acceptors (Lipinski definition) is 3. The normalized spacial score (nSPS) is 10.7. The van der Waals surface area contributed by atoms with Gasteiger partial charge < -0.3 is 9.30 Å². The van der Waals surface area contributed by atoms with Crippen molar-refractivity contribution in [2.75, 3.05) is 7.11 Å². The first-order chi connectivity index (χ1) is 11.2. The lowest BCUT2D eigenvalue weighted by atomic mass is 10.1. The Morgan fingerprint density at radius 3 is 2.61 bits per heavy atom. The van der Waals surface area contributed by atoms with Gasteiger partial charge in [0.2, 0.25) is 0 Å². The molecule has 4 heteroatoms. The van der Waals surface area contributed by atoms with Gasteiger partial charge in [0.25, 0.3) is 0 Å². The van der Waals surface area contributed by atoms with Crippen molar-refractivity contribution < 1.29 is 4.74 Å². The summed E-state index contributed by atoms with van der Waals surface area (Å²) in [5, 5.41) is 1.03. The third-order valence-corrected chi connectivity index (χ3v) is 4.90. The number of rotatable bonds is 5. The van der Waals surface area contributed by atoms with E-state index in [1.807, 2.05) is 18.3 Å². The van der Waals surface area contributed by atoms with Gasteiger partial charge in [-0.15, -0.1) is 0 Å². The van der Waals surface area contributed by atoms with Crippen LogP contribution in [0.2, 0.25) is 0 Å². The average molecular weight is 324 g/mol. The van der Waals surface area contributed by atoms with Gasteiger partial charge in [0.05, 0.1) is 19.0 Å². The summed E-state index contributed by atoms with van der Waals surface area (Å²) in [6.45, 7) is 2.12. The van der Waals surface area contributed by atoms with Crippen LogP contribution < -0.4 is 4.74 Å². The highest BCUT2D eigenvalue weighted by atomic mass is 32.2. The molecule has 2 aromatic carbocycles. The van der Waals surface area contributed by atoms with Crippen molar-refractivity contribution in [2.24, 2.45) is 7.05 Å². The van der Waals surface area contributed by atoms with E-state index in [9.17, 15) is 0 Å². The third kappa shape index (κ3) is 3.59. The van der Waals surface area contributed by atoms with Crippen molar-refractivity contribution >= 4 is 11.8 Å². The molecule has 0 aliphatic carbocycles. The molecule has 0 unspecified atom stereocenters. The standard InChI is InChI=1S/C19H20N2OS/c1-14-5-4-6-15(11-14)13-23-19-20-12-18(21(19)2)16-7-9-17(22-3)10-8-16/h4-12H,13H2,1-3H3. The van der Waals surface area contributed by atoms with Crippen molar-refractivity contribution in [3.8, 4) is 17.0 Å².